The third kappa shape index (κ3) is 4.01. The van der Waals surface area contributed by atoms with E-state index in [9.17, 15) is 4.79 Å². The lowest BCUT2D eigenvalue weighted by Crippen LogP contribution is -2.42. The molecule has 1 aromatic carbocycles. The molecule has 0 unspecified atom stereocenters. The first-order valence-electron chi connectivity index (χ1n) is 7.05. The molecule has 1 saturated heterocycles. The number of methoxy groups -OCH3 is 2. The summed E-state index contributed by atoms with van der Waals surface area (Å²) in [5.74, 6) is 1.19. The van der Waals surface area contributed by atoms with Crippen molar-refractivity contribution in [3.05, 3.63) is 18.2 Å². The molecule has 1 aliphatic rings. The minimum Gasteiger partial charge on any atom is -0.493 e. The number of anilines is 1. The second kappa shape index (κ2) is 7.17. The van der Waals surface area contributed by atoms with Crippen molar-refractivity contribution in [1.29, 1.82) is 0 Å². The maximum absolute atomic E-state index is 12.0. The van der Waals surface area contributed by atoms with Gasteiger partial charge in [-0.2, -0.15) is 0 Å². The van der Waals surface area contributed by atoms with Crippen molar-refractivity contribution >= 4 is 11.7 Å². The third-order valence-corrected chi connectivity index (χ3v) is 3.52. The van der Waals surface area contributed by atoms with Crippen molar-refractivity contribution in [2.24, 2.45) is 0 Å². The van der Waals surface area contributed by atoms with Crippen LogP contribution >= 0.6 is 0 Å². The van der Waals surface area contributed by atoms with Crippen molar-refractivity contribution in [2.45, 2.75) is 31.9 Å². The van der Waals surface area contributed by atoms with Gasteiger partial charge in [0, 0.05) is 18.4 Å². The lowest BCUT2D eigenvalue weighted by Gasteiger charge is -2.20. The molecule has 0 radical (unpaired) electrons. The van der Waals surface area contributed by atoms with Gasteiger partial charge in [0.25, 0.3) is 0 Å². The molecule has 0 aromatic heterocycles. The average molecular weight is 294 g/mol. The second-order valence-corrected chi connectivity index (χ2v) is 5.01. The van der Waals surface area contributed by atoms with E-state index in [0.717, 1.165) is 19.4 Å². The first-order chi connectivity index (χ1) is 10.1. The molecular weight excluding hydrogens is 272 g/mol. The Morgan fingerprint density at radius 1 is 1.33 bits per heavy atom. The summed E-state index contributed by atoms with van der Waals surface area (Å²) in [4.78, 5) is 12.0. The van der Waals surface area contributed by atoms with Gasteiger partial charge in [-0.1, -0.05) is 0 Å². The Hall–Kier alpha value is -1.95. The Labute approximate surface area is 124 Å². The van der Waals surface area contributed by atoms with Crippen LogP contribution in [-0.2, 0) is 4.74 Å². The van der Waals surface area contributed by atoms with E-state index in [-0.39, 0.29) is 18.2 Å². The summed E-state index contributed by atoms with van der Waals surface area (Å²) in [6.45, 7) is 2.72. The third-order valence-electron chi connectivity index (χ3n) is 3.52. The number of carbonyl (C=O) groups excluding carboxylic acids is 1. The highest BCUT2D eigenvalue weighted by molar-refractivity contribution is 5.89. The molecule has 2 amide bonds. The Morgan fingerprint density at radius 2 is 2.10 bits per heavy atom. The maximum atomic E-state index is 12.0. The predicted octanol–water partition coefficient (Wildman–Crippen LogP) is 2.39. The number of urea groups is 1. The van der Waals surface area contributed by atoms with Gasteiger partial charge in [-0.05, 0) is 31.9 Å². The van der Waals surface area contributed by atoms with Crippen LogP contribution in [0.15, 0.2) is 18.2 Å². The van der Waals surface area contributed by atoms with Gasteiger partial charge in [0.2, 0.25) is 0 Å². The van der Waals surface area contributed by atoms with E-state index in [1.807, 2.05) is 6.92 Å². The molecule has 21 heavy (non-hydrogen) atoms. The van der Waals surface area contributed by atoms with Crippen LogP contribution in [-0.4, -0.2) is 39.0 Å². The molecule has 1 aliphatic heterocycles. The molecule has 6 heteroatoms. The normalized spacial score (nSPS) is 18.9. The molecular formula is C15H22N2O4. The zero-order valence-corrected chi connectivity index (χ0v) is 12.6. The topological polar surface area (TPSA) is 68.8 Å². The Morgan fingerprint density at radius 3 is 2.71 bits per heavy atom. The molecule has 0 bridgehead atoms. The second-order valence-electron chi connectivity index (χ2n) is 5.01. The monoisotopic (exact) mass is 294 g/mol. The van der Waals surface area contributed by atoms with Crippen LogP contribution in [0.4, 0.5) is 10.5 Å². The number of rotatable bonds is 5. The number of nitrogens with one attached hydrogen (secondary N) is 2. The molecule has 2 atom stereocenters. The smallest absolute Gasteiger partial charge is 0.319 e. The van der Waals surface area contributed by atoms with Gasteiger partial charge >= 0.3 is 6.03 Å². The molecule has 0 aliphatic carbocycles. The zero-order chi connectivity index (χ0) is 15.2. The van der Waals surface area contributed by atoms with Crippen molar-refractivity contribution in [1.82, 2.24) is 5.32 Å². The van der Waals surface area contributed by atoms with Crippen LogP contribution < -0.4 is 20.1 Å². The highest BCUT2D eigenvalue weighted by atomic mass is 16.5. The van der Waals surface area contributed by atoms with Crippen LogP contribution in [0.3, 0.4) is 0 Å². The summed E-state index contributed by atoms with van der Waals surface area (Å²) in [5.41, 5.74) is 0.643. The molecule has 116 valence electrons. The van der Waals surface area contributed by atoms with Gasteiger partial charge in [0.05, 0.1) is 26.4 Å². The Balaban J connectivity index is 1.92. The van der Waals surface area contributed by atoms with Gasteiger partial charge in [0.15, 0.2) is 11.5 Å². The zero-order valence-electron chi connectivity index (χ0n) is 12.6. The average Bonchev–Trinajstić information content (AvgIpc) is 3.01. The van der Waals surface area contributed by atoms with Crippen LogP contribution in [0.2, 0.25) is 0 Å². The first-order valence-corrected chi connectivity index (χ1v) is 7.05. The van der Waals surface area contributed by atoms with Gasteiger partial charge in [-0.25, -0.2) is 4.79 Å². The quantitative estimate of drug-likeness (QED) is 0.875. The number of carbonyl (C=O) groups is 1. The number of hydrogen-bond donors (Lipinski definition) is 2. The highest BCUT2D eigenvalue weighted by Gasteiger charge is 2.23. The first kappa shape index (κ1) is 15.4. The number of benzene rings is 1. The van der Waals surface area contributed by atoms with E-state index in [1.165, 1.54) is 0 Å². The standard InChI is InChI=1S/C15H22N2O4/c1-10(12-5-4-8-21-12)16-15(18)17-11-6-7-13(19-2)14(9-11)20-3/h6-7,9-10,12H,4-5,8H2,1-3H3,(H2,16,17,18)/t10-,12-/m1/s1. The molecule has 2 N–H and O–H groups in total. The summed E-state index contributed by atoms with van der Waals surface area (Å²) in [7, 11) is 3.13. The molecule has 1 aromatic rings. The summed E-state index contributed by atoms with van der Waals surface area (Å²) in [6, 6.07) is 4.95. The number of ether oxygens (including phenoxy) is 3. The van der Waals surface area contributed by atoms with E-state index in [2.05, 4.69) is 10.6 Å². The van der Waals surface area contributed by atoms with Gasteiger partial charge in [-0.15, -0.1) is 0 Å². The fraction of sp³-hybridized carbons (Fsp3) is 0.533. The predicted molar refractivity (Wildman–Crippen MR) is 80.1 cm³/mol. The largest absolute Gasteiger partial charge is 0.493 e. The lowest BCUT2D eigenvalue weighted by molar-refractivity contribution is 0.0868. The van der Waals surface area contributed by atoms with Crippen LogP contribution in [0.25, 0.3) is 0 Å². The van der Waals surface area contributed by atoms with Crippen LogP contribution in [0, 0.1) is 0 Å². The Kier molecular flexibility index (Phi) is 5.27. The van der Waals surface area contributed by atoms with Gasteiger partial charge in [0.1, 0.15) is 0 Å². The van der Waals surface area contributed by atoms with Crippen LogP contribution in [0.1, 0.15) is 19.8 Å². The van der Waals surface area contributed by atoms with Crippen molar-refractivity contribution < 1.29 is 19.0 Å². The van der Waals surface area contributed by atoms with Crippen molar-refractivity contribution in [3.8, 4) is 11.5 Å². The van der Waals surface area contributed by atoms with E-state index >= 15 is 0 Å². The molecule has 0 saturated carbocycles. The minimum absolute atomic E-state index is 0.0207. The van der Waals surface area contributed by atoms with E-state index in [0.29, 0.717) is 17.2 Å². The number of amides is 2. The van der Waals surface area contributed by atoms with Gasteiger partial charge < -0.3 is 24.8 Å². The van der Waals surface area contributed by atoms with Crippen LogP contribution in [0.5, 0.6) is 11.5 Å². The maximum Gasteiger partial charge on any atom is 0.319 e. The number of hydrogen-bond acceptors (Lipinski definition) is 4. The SMILES string of the molecule is COc1ccc(NC(=O)N[C@H](C)[C@H]2CCCO2)cc1OC. The van der Waals surface area contributed by atoms with Crippen molar-refractivity contribution in [2.75, 3.05) is 26.1 Å². The van der Waals surface area contributed by atoms with E-state index in [1.54, 1.807) is 32.4 Å². The Bertz CT molecular complexity index is 487. The summed E-state index contributed by atoms with van der Waals surface area (Å²) >= 11 is 0. The molecule has 1 heterocycles. The fourth-order valence-corrected chi connectivity index (χ4v) is 2.38. The van der Waals surface area contributed by atoms with Gasteiger partial charge in [-0.3, -0.25) is 0 Å². The summed E-state index contributed by atoms with van der Waals surface area (Å²) in [5, 5.41) is 5.67. The molecule has 2 rings (SSSR count). The minimum atomic E-state index is -0.259. The molecule has 1 fully saturated rings. The highest BCUT2D eigenvalue weighted by Crippen LogP contribution is 2.29. The van der Waals surface area contributed by atoms with E-state index in [4.69, 9.17) is 14.2 Å². The fourth-order valence-electron chi connectivity index (χ4n) is 2.38. The lowest BCUT2D eigenvalue weighted by atomic mass is 10.1. The summed E-state index contributed by atoms with van der Waals surface area (Å²) < 4.78 is 15.9. The molecule has 0 spiro atoms. The van der Waals surface area contributed by atoms with Crippen molar-refractivity contribution in [3.63, 3.8) is 0 Å². The summed E-state index contributed by atoms with van der Waals surface area (Å²) in [6.07, 6.45) is 2.13. The molecule has 6 nitrogen and oxygen atoms in total. The van der Waals surface area contributed by atoms with E-state index < -0.39 is 0 Å².